The maximum absolute atomic E-state index is 12.2. The predicted octanol–water partition coefficient (Wildman–Crippen LogP) is 1.79. The predicted molar refractivity (Wildman–Crippen MR) is 75.7 cm³/mol. The van der Waals surface area contributed by atoms with Gasteiger partial charge in [-0.05, 0) is 19.4 Å². The Balaban J connectivity index is 2.34. The molecule has 8 heteroatoms. The normalized spacial score (nSPS) is 11.5. The molecular formula is C11H14N4O2S2. The third kappa shape index (κ3) is 2.85. The van der Waals surface area contributed by atoms with Crippen molar-refractivity contribution in [3.05, 3.63) is 29.0 Å². The smallest absolute Gasteiger partial charge is 0.267 e. The van der Waals surface area contributed by atoms with Crippen molar-refractivity contribution >= 4 is 32.2 Å². The fraction of sp³-hybridized carbons (Fsp3) is 0.273. The van der Waals surface area contributed by atoms with Crippen LogP contribution >= 0.6 is 11.3 Å². The lowest BCUT2D eigenvalue weighted by Crippen LogP contribution is -2.15. The van der Waals surface area contributed by atoms with E-state index in [1.54, 1.807) is 0 Å². The topological polar surface area (TPSA) is 98.0 Å². The van der Waals surface area contributed by atoms with Gasteiger partial charge in [0.15, 0.2) is 5.13 Å². The van der Waals surface area contributed by atoms with E-state index >= 15 is 0 Å². The summed E-state index contributed by atoms with van der Waals surface area (Å²) in [5.74, 6) is 0. The summed E-state index contributed by atoms with van der Waals surface area (Å²) in [6.45, 7) is 3.88. The van der Waals surface area contributed by atoms with Crippen LogP contribution in [0.5, 0.6) is 0 Å². The van der Waals surface area contributed by atoms with E-state index in [1.165, 1.54) is 29.8 Å². The number of aryl methyl sites for hydroxylation is 2. The Kier molecular flexibility index (Phi) is 3.72. The molecule has 6 nitrogen and oxygen atoms in total. The van der Waals surface area contributed by atoms with E-state index in [4.69, 9.17) is 5.73 Å². The van der Waals surface area contributed by atoms with Crippen LogP contribution in [0.2, 0.25) is 0 Å². The van der Waals surface area contributed by atoms with Crippen molar-refractivity contribution in [1.82, 2.24) is 9.97 Å². The van der Waals surface area contributed by atoms with E-state index in [1.807, 2.05) is 13.8 Å². The lowest BCUT2D eigenvalue weighted by molar-refractivity contribution is 0.601. The summed E-state index contributed by atoms with van der Waals surface area (Å²) in [4.78, 5) is 8.97. The Morgan fingerprint density at radius 3 is 2.79 bits per heavy atom. The summed E-state index contributed by atoms with van der Waals surface area (Å²) in [6, 6.07) is 1.44. The van der Waals surface area contributed by atoms with Gasteiger partial charge in [0.2, 0.25) is 0 Å². The van der Waals surface area contributed by atoms with Crippen LogP contribution in [0.15, 0.2) is 23.4 Å². The average molecular weight is 298 g/mol. The number of sulfonamides is 1. The number of aromatic nitrogens is 2. The molecule has 2 aromatic heterocycles. The van der Waals surface area contributed by atoms with E-state index in [0.29, 0.717) is 5.13 Å². The van der Waals surface area contributed by atoms with Gasteiger partial charge in [0.1, 0.15) is 4.90 Å². The maximum atomic E-state index is 12.2. The van der Waals surface area contributed by atoms with Crippen LogP contribution in [-0.2, 0) is 16.4 Å². The van der Waals surface area contributed by atoms with Gasteiger partial charge in [0, 0.05) is 17.3 Å². The second-order valence-corrected chi connectivity index (χ2v) is 6.75. The van der Waals surface area contributed by atoms with E-state index < -0.39 is 10.0 Å². The zero-order valence-electron chi connectivity index (χ0n) is 10.5. The molecule has 0 aromatic carbocycles. The molecule has 2 heterocycles. The van der Waals surface area contributed by atoms with Crippen molar-refractivity contribution in [2.24, 2.45) is 0 Å². The van der Waals surface area contributed by atoms with Crippen molar-refractivity contribution in [2.75, 3.05) is 10.5 Å². The highest BCUT2D eigenvalue weighted by Gasteiger charge is 2.19. The first-order valence-corrected chi connectivity index (χ1v) is 7.92. The highest BCUT2D eigenvalue weighted by molar-refractivity contribution is 7.93. The highest BCUT2D eigenvalue weighted by Crippen LogP contribution is 2.26. The maximum Gasteiger partial charge on any atom is 0.267 e. The quantitative estimate of drug-likeness (QED) is 0.896. The molecular weight excluding hydrogens is 284 g/mol. The van der Waals surface area contributed by atoms with Crippen molar-refractivity contribution in [2.45, 2.75) is 25.2 Å². The largest absolute Gasteiger partial charge is 0.398 e. The molecule has 19 heavy (non-hydrogen) atoms. The standard InChI is InChI=1S/C11H14N4O2S2/c1-3-9-7(2)18-11(14-9)15-19(16,17)10-6-13-5-4-8(10)12/h4-6H,3H2,1-2H3,(H2,12,13)(H,14,15). The molecule has 0 unspecified atom stereocenters. The summed E-state index contributed by atoms with van der Waals surface area (Å²) < 4.78 is 26.8. The molecule has 0 radical (unpaired) electrons. The van der Waals surface area contributed by atoms with Crippen LogP contribution in [0.1, 0.15) is 17.5 Å². The SMILES string of the molecule is CCc1nc(NS(=O)(=O)c2cnccc2N)sc1C. The second kappa shape index (κ2) is 5.14. The molecule has 2 rings (SSSR count). The minimum absolute atomic E-state index is 0.0408. The van der Waals surface area contributed by atoms with Gasteiger partial charge >= 0.3 is 0 Å². The first-order valence-electron chi connectivity index (χ1n) is 5.62. The monoisotopic (exact) mass is 298 g/mol. The van der Waals surface area contributed by atoms with Crippen LogP contribution < -0.4 is 10.5 Å². The molecule has 0 saturated carbocycles. The van der Waals surface area contributed by atoms with Gasteiger partial charge in [-0.1, -0.05) is 6.92 Å². The molecule has 0 atom stereocenters. The van der Waals surface area contributed by atoms with Gasteiger partial charge in [0.05, 0.1) is 11.4 Å². The summed E-state index contributed by atoms with van der Waals surface area (Å²) >= 11 is 1.30. The number of nitrogens with two attached hydrogens (primary N) is 1. The second-order valence-electron chi connectivity index (χ2n) is 3.89. The van der Waals surface area contributed by atoms with Gasteiger partial charge < -0.3 is 5.73 Å². The molecule has 0 aliphatic heterocycles. The van der Waals surface area contributed by atoms with E-state index in [-0.39, 0.29) is 10.6 Å². The van der Waals surface area contributed by atoms with Crippen LogP contribution in [0.4, 0.5) is 10.8 Å². The Morgan fingerprint density at radius 1 is 1.47 bits per heavy atom. The molecule has 2 aromatic rings. The van der Waals surface area contributed by atoms with E-state index in [0.717, 1.165) is 17.0 Å². The fourth-order valence-electron chi connectivity index (χ4n) is 1.58. The summed E-state index contributed by atoms with van der Waals surface area (Å²) in [5.41, 5.74) is 6.69. The molecule has 3 N–H and O–H groups in total. The van der Waals surface area contributed by atoms with Gasteiger partial charge in [-0.3, -0.25) is 9.71 Å². The average Bonchev–Trinajstić information content (AvgIpc) is 2.68. The summed E-state index contributed by atoms with van der Waals surface area (Å²) in [7, 11) is -3.75. The minimum atomic E-state index is -3.75. The van der Waals surface area contributed by atoms with Gasteiger partial charge in [0.25, 0.3) is 10.0 Å². The number of thiazole rings is 1. The Labute approximate surface area is 115 Å². The van der Waals surface area contributed by atoms with Crippen LogP contribution in [0, 0.1) is 6.92 Å². The minimum Gasteiger partial charge on any atom is -0.398 e. The summed E-state index contributed by atoms with van der Waals surface area (Å²) in [5, 5.41) is 0.345. The van der Waals surface area contributed by atoms with Gasteiger partial charge in [-0.2, -0.15) is 0 Å². The van der Waals surface area contributed by atoms with Crippen molar-refractivity contribution < 1.29 is 8.42 Å². The van der Waals surface area contributed by atoms with Crippen molar-refractivity contribution in [1.29, 1.82) is 0 Å². The first-order chi connectivity index (χ1) is 8.94. The summed E-state index contributed by atoms with van der Waals surface area (Å²) in [6.07, 6.45) is 3.43. The lowest BCUT2D eigenvalue weighted by atomic mass is 10.3. The molecule has 0 saturated heterocycles. The number of hydrogen-bond donors (Lipinski definition) is 2. The zero-order valence-corrected chi connectivity index (χ0v) is 12.2. The molecule has 0 bridgehead atoms. The van der Waals surface area contributed by atoms with Gasteiger partial charge in [-0.15, -0.1) is 11.3 Å². The zero-order chi connectivity index (χ0) is 14.0. The highest BCUT2D eigenvalue weighted by atomic mass is 32.2. The van der Waals surface area contributed by atoms with Gasteiger partial charge in [-0.25, -0.2) is 13.4 Å². The number of nitrogen functional groups attached to an aromatic ring is 1. The van der Waals surface area contributed by atoms with E-state index in [9.17, 15) is 8.42 Å². The lowest BCUT2D eigenvalue weighted by Gasteiger charge is -2.06. The molecule has 0 aliphatic carbocycles. The number of anilines is 2. The molecule has 0 spiro atoms. The number of hydrogen-bond acceptors (Lipinski definition) is 6. The third-order valence-electron chi connectivity index (χ3n) is 2.56. The fourth-order valence-corrected chi connectivity index (χ4v) is 3.80. The third-order valence-corrected chi connectivity index (χ3v) is 5.00. The molecule has 102 valence electrons. The molecule has 0 aliphatic rings. The Morgan fingerprint density at radius 2 is 2.21 bits per heavy atom. The number of rotatable bonds is 4. The van der Waals surface area contributed by atoms with Crippen molar-refractivity contribution in [3.8, 4) is 0 Å². The Bertz CT molecular complexity index is 694. The van der Waals surface area contributed by atoms with Crippen LogP contribution in [0.3, 0.4) is 0 Å². The first kappa shape index (κ1) is 13.8. The number of pyridine rings is 1. The van der Waals surface area contributed by atoms with E-state index in [2.05, 4.69) is 14.7 Å². The molecule has 0 amide bonds. The number of nitrogens with zero attached hydrogens (tertiary/aromatic N) is 2. The molecule has 0 fully saturated rings. The number of nitrogens with one attached hydrogen (secondary N) is 1. The van der Waals surface area contributed by atoms with Crippen LogP contribution in [-0.4, -0.2) is 18.4 Å². The van der Waals surface area contributed by atoms with Crippen LogP contribution in [0.25, 0.3) is 0 Å². The van der Waals surface area contributed by atoms with Crippen molar-refractivity contribution in [3.63, 3.8) is 0 Å². The Hall–Kier alpha value is -1.67.